The quantitative estimate of drug-likeness (QED) is 0.248. The SMILES string of the molecule is C=CC[N+](C)(CCl)CC(C)O.[Cl-]. The number of hydrogen-bond acceptors (Lipinski definition) is 1. The van der Waals surface area contributed by atoms with Crippen molar-refractivity contribution in [3.05, 3.63) is 12.7 Å². The molecule has 0 aliphatic heterocycles. The molecule has 74 valence electrons. The van der Waals surface area contributed by atoms with E-state index < -0.39 is 0 Å². The van der Waals surface area contributed by atoms with E-state index in [4.69, 9.17) is 16.7 Å². The van der Waals surface area contributed by atoms with E-state index in [0.717, 1.165) is 6.54 Å². The van der Waals surface area contributed by atoms with E-state index in [1.807, 2.05) is 13.1 Å². The summed E-state index contributed by atoms with van der Waals surface area (Å²) in [5.41, 5.74) is 0. The first-order chi connectivity index (χ1) is 5.04. The summed E-state index contributed by atoms with van der Waals surface area (Å²) in [5, 5.41) is 9.14. The Kier molecular flexibility index (Phi) is 8.26. The van der Waals surface area contributed by atoms with Crippen molar-refractivity contribution in [1.82, 2.24) is 0 Å². The summed E-state index contributed by atoms with van der Waals surface area (Å²) in [6.07, 6.45) is 1.52. The molecule has 1 N–H and O–H groups in total. The van der Waals surface area contributed by atoms with Gasteiger partial charge in [0.05, 0.1) is 13.6 Å². The average Bonchev–Trinajstić information content (AvgIpc) is 1.87. The smallest absolute Gasteiger partial charge is 0.155 e. The van der Waals surface area contributed by atoms with Crippen molar-refractivity contribution in [3.63, 3.8) is 0 Å². The van der Waals surface area contributed by atoms with Crippen LogP contribution < -0.4 is 12.4 Å². The van der Waals surface area contributed by atoms with Crippen LogP contribution in [0.3, 0.4) is 0 Å². The summed E-state index contributed by atoms with van der Waals surface area (Å²) in [4.78, 5) is 0. The summed E-state index contributed by atoms with van der Waals surface area (Å²) in [6.45, 7) is 6.89. The van der Waals surface area contributed by atoms with Gasteiger partial charge >= 0.3 is 0 Å². The first-order valence-electron chi connectivity index (χ1n) is 3.72. The zero-order valence-corrected chi connectivity index (χ0v) is 9.15. The van der Waals surface area contributed by atoms with Crippen LogP contribution in [0.1, 0.15) is 6.92 Å². The lowest BCUT2D eigenvalue weighted by Gasteiger charge is -2.31. The first-order valence-corrected chi connectivity index (χ1v) is 4.26. The van der Waals surface area contributed by atoms with Crippen LogP contribution in [0.5, 0.6) is 0 Å². The van der Waals surface area contributed by atoms with Crippen LogP contribution in [-0.4, -0.2) is 41.8 Å². The fraction of sp³-hybridized carbons (Fsp3) is 0.750. The number of nitrogens with zero attached hydrogens (tertiary/aromatic N) is 1. The van der Waals surface area contributed by atoms with Gasteiger partial charge in [-0.15, -0.1) is 0 Å². The van der Waals surface area contributed by atoms with Crippen LogP contribution in [0.15, 0.2) is 12.7 Å². The molecule has 4 heteroatoms. The second-order valence-corrected chi connectivity index (χ2v) is 3.48. The second-order valence-electron chi connectivity index (χ2n) is 3.24. The highest BCUT2D eigenvalue weighted by molar-refractivity contribution is 6.16. The molecule has 2 unspecified atom stereocenters. The van der Waals surface area contributed by atoms with Gasteiger partial charge in [-0.3, -0.25) is 0 Å². The Labute approximate surface area is 85.8 Å². The van der Waals surface area contributed by atoms with Gasteiger partial charge in [-0.05, 0) is 13.0 Å². The van der Waals surface area contributed by atoms with Crippen molar-refractivity contribution in [2.45, 2.75) is 13.0 Å². The van der Waals surface area contributed by atoms with Crippen LogP contribution in [0, 0.1) is 0 Å². The Morgan fingerprint density at radius 3 is 2.42 bits per heavy atom. The molecule has 0 bridgehead atoms. The third-order valence-electron chi connectivity index (χ3n) is 1.56. The lowest BCUT2D eigenvalue weighted by molar-refractivity contribution is -0.895. The van der Waals surface area contributed by atoms with Crippen molar-refractivity contribution >= 4 is 11.6 Å². The van der Waals surface area contributed by atoms with Gasteiger partial charge in [-0.25, -0.2) is 0 Å². The summed E-state index contributed by atoms with van der Waals surface area (Å²) >= 11 is 5.74. The van der Waals surface area contributed by atoms with Gasteiger partial charge in [0.25, 0.3) is 0 Å². The molecule has 0 aliphatic rings. The van der Waals surface area contributed by atoms with E-state index in [0.29, 0.717) is 17.0 Å². The van der Waals surface area contributed by atoms with Crippen LogP contribution in [0.2, 0.25) is 0 Å². The maximum absolute atomic E-state index is 9.14. The van der Waals surface area contributed by atoms with Gasteiger partial charge < -0.3 is 22.0 Å². The largest absolute Gasteiger partial charge is 1.00 e. The molecule has 0 amide bonds. The molecule has 12 heavy (non-hydrogen) atoms. The fourth-order valence-corrected chi connectivity index (χ4v) is 1.32. The number of likely N-dealkylation sites (N-methyl/N-ethyl adjacent to an activating group) is 1. The molecule has 0 heterocycles. The minimum atomic E-state index is -0.307. The van der Waals surface area contributed by atoms with E-state index in [1.165, 1.54) is 0 Å². The Morgan fingerprint density at radius 1 is 1.67 bits per heavy atom. The molecule has 2 atom stereocenters. The maximum Gasteiger partial charge on any atom is 0.155 e. The van der Waals surface area contributed by atoms with Crippen molar-refractivity contribution in [1.29, 1.82) is 0 Å². The van der Waals surface area contributed by atoms with Gasteiger partial charge in [0, 0.05) is 0 Å². The summed E-state index contributed by atoms with van der Waals surface area (Å²) in [5.74, 6) is 0. The molecular weight excluding hydrogens is 197 g/mol. The lowest BCUT2D eigenvalue weighted by Crippen LogP contribution is -3.00. The zero-order chi connectivity index (χ0) is 8.91. The molecule has 0 spiro atoms. The fourth-order valence-electron chi connectivity index (χ4n) is 1.12. The Hall–Kier alpha value is 0.240. The van der Waals surface area contributed by atoms with Crippen LogP contribution in [0.4, 0.5) is 0 Å². The summed E-state index contributed by atoms with van der Waals surface area (Å²) in [6, 6.07) is 0.511. The minimum Gasteiger partial charge on any atom is -1.00 e. The number of rotatable bonds is 5. The number of halogens is 2. The molecule has 0 aromatic heterocycles. The van der Waals surface area contributed by atoms with Crippen molar-refractivity contribution < 1.29 is 22.0 Å². The van der Waals surface area contributed by atoms with E-state index in [-0.39, 0.29) is 18.5 Å². The average molecular weight is 214 g/mol. The normalized spacial score (nSPS) is 17.3. The van der Waals surface area contributed by atoms with Gasteiger partial charge in [0.15, 0.2) is 6.00 Å². The van der Waals surface area contributed by atoms with Gasteiger partial charge in [0.2, 0.25) is 0 Å². The van der Waals surface area contributed by atoms with Gasteiger partial charge in [-0.1, -0.05) is 18.2 Å². The predicted molar refractivity (Wildman–Crippen MR) is 48.5 cm³/mol. The van der Waals surface area contributed by atoms with Crippen LogP contribution in [0.25, 0.3) is 0 Å². The standard InChI is InChI=1S/C8H17ClNO.ClH/c1-4-5-10(3,7-9)6-8(2)11;/h4,8,11H,1,5-7H2,2-3H3;1H/q+1;/p-1. The molecule has 0 rings (SSSR count). The molecule has 0 aromatic carbocycles. The molecule has 2 nitrogen and oxygen atoms in total. The number of aliphatic hydroxyl groups excluding tert-OH is 1. The number of hydrogen-bond donors (Lipinski definition) is 1. The Morgan fingerprint density at radius 2 is 2.17 bits per heavy atom. The van der Waals surface area contributed by atoms with Crippen molar-refractivity contribution in [2.24, 2.45) is 0 Å². The third kappa shape index (κ3) is 5.84. The molecular formula is C8H17Cl2NO. The van der Waals surface area contributed by atoms with Gasteiger partial charge in [0.1, 0.15) is 12.6 Å². The summed E-state index contributed by atoms with van der Waals surface area (Å²) < 4.78 is 0.642. The first kappa shape index (κ1) is 14.7. The molecule has 0 aliphatic carbocycles. The highest BCUT2D eigenvalue weighted by Gasteiger charge is 2.20. The predicted octanol–water partition coefficient (Wildman–Crippen LogP) is -1.80. The minimum absolute atomic E-state index is 0. The van der Waals surface area contributed by atoms with Crippen LogP contribution >= 0.6 is 11.6 Å². The Balaban J connectivity index is 0. The molecule has 0 fully saturated rings. The second kappa shape index (κ2) is 6.72. The molecule has 0 radical (unpaired) electrons. The number of alkyl halides is 1. The monoisotopic (exact) mass is 213 g/mol. The van der Waals surface area contributed by atoms with Crippen LogP contribution in [-0.2, 0) is 0 Å². The molecule has 0 saturated heterocycles. The molecule has 0 aromatic rings. The van der Waals surface area contributed by atoms with E-state index in [1.54, 1.807) is 6.92 Å². The van der Waals surface area contributed by atoms with Gasteiger partial charge in [-0.2, -0.15) is 0 Å². The topological polar surface area (TPSA) is 20.2 Å². The lowest BCUT2D eigenvalue weighted by atomic mass is 10.3. The number of quaternary nitrogens is 1. The highest BCUT2D eigenvalue weighted by atomic mass is 35.5. The summed E-state index contributed by atoms with van der Waals surface area (Å²) in [7, 11) is 2.00. The van der Waals surface area contributed by atoms with Crippen molar-refractivity contribution in [2.75, 3.05) is 26.1 Å². The van der Waals surface area contributed by atoms with E-state index in [9.17, 15) is 0 Å². The molecule has 0 saturated carbocycles. The maximum atomic E-state index is 9.14. The van der Waals surface area contributed by atoms with E-state index >= 15 is 0 Å². The van der Waals surface area contributed by atoms with E-state index in [2.05, 4.69) is 6.58 Å². The van der Waals surface area contributed by atoms with Crippen molar-refractivity contribution in [3.8, 4) is 0 Å². The third-order valence-corrected chi connectivity index (χ3v) is 2.14. The Bertz CT molecular complexity index is 130. The zero-order valence-electron chi connectivity index (χ0n) is 7.63. The highest BCUT2D eigenvalue weighted by Crippen LogP contribution is 2.05. The number of aliphatic hydroxyl groups is 1.